The molecule has 1 aromatic rings. The van der Waals surface area contributed by atoms with Gasteiger partial charge in [0.15, 0.2) is 0 Å². The van der Waals surface area contributed by atoms with E-state index in [4.69, 9.17) is 0 Å². The molecule has 1 saturated heterocycles. The molecular weight excluding hydrogens is 365 g/mol. The Hall–Kier alpha value is -1.67. The largest absolute Gasteiger partial charge is 0.468 e. The number of hydrogen-bond acceptors (Lipinski definition) is 5. The van der Waals surface area contributed by atoms with E-state index < -0.39 is 29.5 Å². The monoisotopic (exact) mass is 373 g/mol. The van der Waals surface area contributed by atoms with E-state index in [0.29, 0.717) is 5.56 Å². The maximum Gasteiger partial charge on any atom is 0.325 e. The summed E-state index contributed by atoms with van der Waals surface area (Å²) in [4.78, 5) is 35.9. The molecular formula is C13H9BrFNO4S. The summed E-state index contributed by atoms with van der Waals surface area (Å²) in [6, 6.07) is 4.21. The normalized spacial score (nSPS) is 16.7. The summed E-state index contributed by atoms with van der Waals surface area (Å²) >= 11 is 3.76. The lowest BCUT2D eigenvalue weighted by Crippen LogP contribution is -2.34. The van der Waals surface area contributed by atoms with Crippen molar-refractivity contribution in [2.75, 3.05) is 13.7 Å². The highest BCUT2D eigenvalue weighted by molar-refractivity contribution is 9.10. The summed E-state index contributed by atoms with van der Waals surface area (Å²) in [6.45, 7) is -0.425. The number of benzene rings is 1. The van der Waals surface area contributed by atoms with E-state index >= 15 is 0 Å². The van der Waals surface area contributed by atoms with E-state index in [2.05, 4.69) is 20.7 Å². The molecule has 0 N–H and O–H groups in total. The van der Waals surface area contributed by atoms with Gasteiger partial charge in [0, 0.05) is 0 Å². The molecule has 0 atom stereocenters. The van der Waals surface area contributed by atoms with Crippen LogP contribution in [0, 0.1) is 5.82 Å². The van der Waals surface area contributed by atoms with Crippen molar-refractivity contribution in [3.63, 3.8) is 0 Å². The van der Waals surface area contributed by atoms with Crippen LogP contribution in [0.15, 0.2) is 27.6 Å². The molecule has 0 aromatic heterocycles. The second-order valence-corrected chi connectivity index (χ2v) is 5.87. The lowest BCUT2D eigenvalue weighted by atomic mass is 10.2. The second-order valence-electron chi connectivity index (χ2n) is 4.02. The number of esters is 1. The highest BCUT2D eigenvalue weighted by atomic mass is 79.9. The van der Waals surface area contributed by atoms with Crippen molar-refractivity contribution < 1.29 is 23.5 Å². The van der Waals surface area contributed by atoms with Crippen molar-refractivity contribution in [2.45, 2.75) is 0 Å². The Morgan fingerprint density at radius 3 is 2.81 bits per heavy atom. The van der Waals surface area contributed by atoms with Gasteiger partial charge in [0.25, 0.3) is 11.1 Å². The van der Waals surface area contributed by atoms with Crippen LogP contribution in [0.3, 0.4) is 0 Å². The first kappa shape index (κ1) is 15.7. The van der Waals surface area contributed by atoms with Crippen LogP contribution in [0.5, 0.6) is 0 Å². The number of thioether (sulfide) groups is 1. The molecule has 1 fully saturated rings. The molecule has 2 amide bonds. The number of nitrogens with zero attached hydrogens (tertiary/aromatic N) is 1. The van der Waals surface area contributed by atoms with Crippen molar-refractivity contribution in [2.24, 2.45) is 0 Å². The zero-order valence-electron chi connectivity index (χ0n) is 10.8. The number of methoxy groups -OCH3 is 1. The zero-order valence-corrected chi connectivity index (χ0v) is 13.2. The third-order valence-corrected chi connectivity index (χ3v) is 4.14. The minimum absolute atomic E-state index is 0.169. The molecule has 21 heavy (non-hydrogen) atoms. The first-order chi connectivity index (χ1) is 9.92. The molecule has 1 aliphatic heterocycles. The third-order valence-electron chi connectivity index (χ3n) is 2.63. The number of carbonyl (C=O) groups is 3. The lowest BCUT2D eigenvalue weighted by Gasteiger charge is -2.09. The zero-order chi connectivity index (χ0) is 15.6. The fourth-order valence-electron chi connectivity index (χ4n) is 1.58. The number of rotatable bonds is 3. The smallest absolute Gasteiger partial charge is 0.325 e. The Balaban J connectivity index is 2.23. The molecule has 0 bridgehead atoms. The molecule has 0 saturated carbocycles. The fraction of sp³-hybridized carbons (Fsp3) is 0.154. The van der Waals surface area contributed by atoms with Gasteiger partial charge < -0.3 is 4.74 Å². The summed E-state index contributed by atoms with van der Waals surface area (Å²) in [5.74, 6) is -1.68. The first-order valence-corrected chi connectivity index (χ1v) is 7.30. The van der Waals surface area contributed by atoms with Gasteiger partial charge in [-0.15, -0.1) is 0 Å². The average molecular weight is 374 g/mol. The van der Waals surface area contributed by atoms with Crippen LogP contribution < -0.4 is 0 Å². The first-order valence-electron chi connectivity index (χ1n) is 5.69. The van der Waals surface area contributed by atoms with E-state index in [1.165, 1.54) is 31.4 Å². The maximum absolute atomic E-state index is 13.1. The summed E-state index contributed by atoms with van der Waals surface area (Å²) in [7, 11) is 1.17. The van der Waals surface area contributed by atoms with Gasteiger partial charge in [0.05, 0.1) is 16.5 Å². The molecule has 5 nitrogen and oxygen atoms in total. The van der Waals surface area contributed by atoms with Crippen molar-refractivity contribution in [3.8, 4) is 0 Å². The summed E-state index contributed by atoms with van der Waals surface area (Å²) < 4.78 is 17.8. The van der Waals surface area contributed by atoms with Gasteiger partial charge >= 0.3 is 5.97 Å². The summed E-state index contributed by atoms with van der Waals surface area (Å²) in [6.07, 6.45) is 1.46. The molecule has 1 aliphatic rings. The molecule has 8 heteroatoms. The predicted octanol–water partition coefficient (Wildman–Crippen LogP) is 2.80. The van der Waals surface area contributed by atoms with E-state index in [-0.39, 0.29) is 9.38 Å². The average Bonchev–Trinajstić information content (AvgIpc) is 2.70. The Kier molecular flexibility index (Phi) is 4.79. The Bertz CT molecular complexity index is 662. The van der Waals surface area contributed by atoms with Crippen LogP contribution in [0.2, 0.25) is 0 Å². The van der Waals surface area contributed by atoms with Gasteiger partial charge in [-0.3, -0.25) is 19.3 Å². The molecule has 1 aromatic carbocycles. The lowest BCUT2D eigenvalue weighted by molar-refractivity contribution is -0.143. The maximum atomic E-state index is 13.1. The third kappa shape index (κ3) is 3.51. The Labute approximate surface area is 132 Å². The predicted molar refractivity (Wildman–Crippen MR) is 78.8 cm³/mol. The van der Waals surface area contributed by atoms with Crippen LogP contribution in [-0.4, -0.2) is 35.7 Å². The van der Waals surface area contributed by atoms with E-state index in [9.17, 15) is 18.8 Å². The fourth-order valence-corrected chi connectivity index (χ4v) is 2.82. The Morgan fingerprint density at radius 2 is 2.19 bits per heavy atom. The number of hydrogen-bond donors (Lipinski definition) is 0. The standard InChI is InChI=1S/C13H9BrFNO4S/c1-20-11(17)6-16-12(18)10(21-13(16)19)5-7-2-3-9(15)8(14)4-7/h2-5H,6H2,1H3/b10-5+. The van der Waals surface area contributed by atoms with Crippen LogP contribution >= 0.6 is 27.7 Å². The highest BCUT2D eigenvalue weighted by Crippen LogP contribution is 2.32. The van der Waals surface area contributed by atoms with Crippen LogP contribution in [0.25, 0.3) is 6.08 Å². The van der Waals surface area contributed by atoms with Gasteiger partial charge in [-0.2, -0.15) is 0 Å². The number of amides is 2. The second kappa shape index (κ2) is 6.40. The van der Waals surface area contributed by atoms with Gasteiger partial charge in [-0.05, 0) is 51.5 Å². The topological polar surface area (TPSA) is 63.7 Å². The van der Waals surface area contributed by atoms with Crippen molar-refractivity contribution in [1.82, 2.24) is 4.90 Å². The van der Waals surface area contributed by atoms with Gasteiger partial charge in [-0.25, -0.2) is 4.39 Å². The number of carbonyl (C=O) groups excluding carboxylic acids is 3. The quantitative estimate of drug-likeness (QED) is 0.602. The molecule has 2 rings (SSSR count). The van der Waals surface area contributed by atoms with Gasteiger partial charge in [0.1, 0.15) is 12.4 Å². The molecule has 0 aliphatic carbocycles. The minimum Gasteiger partial charge on any atom is -0.468 e. The molecule has 0 radical (unpaired) electrons. The molecule has 110 valence electrons. The van der Waals surface area contributed by atoms with Crippen LogP contribution in [0.1, 0.15) is 5.56 Å². The van der Waals surface area contributed by atoms with Crippen molar-refractivity contribution in [3.05, 3.63) is 39.0 Å². The number of imide groups is 1. The van der Waals surface area contributed by atoms with Gasteiger partial charge in [0.2, 0.25) is 0 Å². The van der Waals surface area contributed by atoms with E-state index in [0.717, 1.165) is 16.7 Å². The molecule has 0 unspecified atom stereocenters. The molecule has 1 heterocycles. The van der Waals surface area contributed by atoms with Crippen molar-refractivity contribution in [1.29, 1.82) is 0 Å². The van der Waals surface area contributed by atoms with Gasteiger partial charge in [-0.1, -0.05) is 6.07 Å². The van der Waals surface area contributed by atoms with E-state index in [1.807, 2.05) is 0 Å². The molecule has 0 spiro atoms. The number of ether oxygens (including phenoxy) is 1. The highest BCUT2D eigenvalue weighted by Gasteiger charge is 2.36. The van der Waals surface area contributed by atoms with Crippen LogP contribution in [-0.2, 0) is 14.3 Å². The Morgan fingerprint density at radius 1 is 1.48 bits per heavy atom. The van der Waals surface area contributed by atoms with Crippen molar-refractivity contribution >= 4 is 50.9 Å². The SMILES string of the molecule is COC(=O)CN1C(=O)S/C(=C/c2ccc(F)c(Br)c2)C1=O. The summed E-state index contributed by atoms with van der Waals surface area (Å²) in [5, 5.41) is -0.544. The van der Waals surface area contributed by atoms with E-state index in [1.54, 1.807) is 0 Å². The number of halogens is 2. The van der Waals surface area contributed by atoms with Crippen LogP contribution in [0.4, 0.5) is 9.18 Å². The minimum atomic E-state index is -0.678. The summed E-state index contributed by atoms with van der Waals surface area (Å²) in [5.41, 5.74) is 0.562.